The van der Waals surface area contributed by atoms with Crippen molar-refractivity contribution < 1.29 is 14.3 Å². The number of esters is 1. The highest BCUT2D eigenvalue weighted by Gasteiger charge is 2.35. The molecule has 1 aromatic heterocycles. The maximum atomic E-state index is 13.6. The molecule has 0 N–H and O–H groups in total. The average molecular weight is 392 g/mol. The van der Waals surface area contributed by atoms with Crippen LogP contribution in [0.3, 0.4) is 0 Å². The highest BCUT2D eigenvalue weighted by molar-refractivity contribution is 7.98. The van der Waals surface area contributed by atoms with Crippen LogP contribution in [0.4, 0.5) is 5.69 Å². The van der Waals surface area contributed by atoms with Gasteiger partial charge in [-0.3, -0.25) is 18.5 Å². The van der Waals surface area contributed by atoms with Gasteiger partial charge in [0.1, 0.15) is 0 Å². The van der Waals surface area contributed by atoms with E-state index in [9.17, 15) is 9.59 Å². The topological polar surface area (TPSA) is 51.5 Å². The Morgan fingerprint density at radius 3 is 2.54 bits per heavy atom. The van der Waals surface area contributed by atoms with Crippen molar-refractivity contribution in [2.75, 3.05) is 11.5 Å². The second-order valence-corrected chi connectivity index (χ2v) is 7.40. The van der Waals surface area contributed by atoms with E-state index in [1.54, 1.807) is 35.9 Å². The summed E-state index contributed by atoms with van der Waals surface area (Å²) in [5.41, 5.74) is 2.26. The molecule has 142 valence electrons. The Balaban J connectivity index is 1.86. The molecule has 0 bridgehead atoms. The summed E-state index contributed by atoms with van der Waals surface area (Å²) < 4.78 is 7.22. The minimum atomic E-state index is -0.460. The van der Waals surface area contributed by atoms with Crippen LogP contribution in [0, 0.1) is 0 Å². The zero-order valence-electron chi connectivity index (χ0n) is 15.4. The van der Waals surface area contributed by atoms with E-state index in [2.05, 4.69) is 0 Å². The van der Waals surface area contributed by atoms with Crippen LogP contribution in [0.5, 0.6) is 0 Å². The third-order valence-electron chi connectivity index (χ3n) is 4.62. The number of amides is 1. The van der Waals surface area contributed by atoms with Gasteiger partial charge < -0.3 is 4.74 Å². The van der Waals surface area contributed by atoms with Gasteiger partial charge in [0.25, 0.3) is 5.91 Å². The maximum absolute atomic E-state index is 13.6. The molecule has 0 saturated heterocycles. The van der Waals surface area contributed by atoms with Gasteiger partial charge in [-0.1, -0.05) is 30.3 Å². The summed E-state index contributed by atoms with van der Waals surface area (Å²) in [5, 5.41) is 0. The lowest BCUT2D eigenvalue weighted by Crippen LogP contribution is -2.36. The van der Waals surface area contributed by atoms with Crippen molar-refractivity contribution in [3.05, 3.63) is 84.2 Å². The molecule has 6 heteroatoms. The number of nitrogens with zero attached hydrogens (tertiary/aromatic N) is 2. The Bertz CT molecular complexity index is 1000. The van der Waals surface area contributed by atoms with E-state index in [0.29, 0.717) is 12.2 Å². The van der Waals surface area contributed by atoms with Crippen molar-refractivity contribution >= 4 is 29.5 Å². The van der Waals surface area contributed by atoms with Gasteiger partial charge in [-0.25, -0.2) is 0 Å². The number of para-hydroxylation sites is 1. The fraction of sp³-hybridized carbons (Fsp3) is 0.182. The molecule has 1 aliphatic heterocycles. The molecule has 0 saturated carbocycles. The third kappa shape index (κ3) is 3.43. The lowest BCUT2D eigenvalue weighted by molar-refractivity contribution is -0.143. The van der Waals surface area contributed by atoms with Gasteiger partial charge in [-0.15, -0.1) is 0 Å². The number of benzene rings is 2. The normalized spacial score (nSPS) is 15.3. The van der Waals surface area contributed by atoms with E-state index in [1.807, 2.05) is 64.8 Å². The smallest absolute Gasteiger partial charge is 0.308 e. The van der Waals surface area contributed by atoms with Gasteiger partial charge in [-0.2, -0.15) is 0 Å². The first-order chi connectivity index (χ1) is 13.7. The number of anilines is 1. The number of hydrogen-bond acceptors (Lipinski definition) is 4. The van der Waals surface area contributed by atoms with E-state index in [1.165, 1.54) is 0 Å². The van der Waals surface area contributed by atoms with Crippen LogP contribution in [-0.4, -0.2) is 22.5 Å². The lowest BCUT2D eigenvalue weighted by Gasteiger charge is -2.30. The van der Waals surface area contributed by atoms with Crippen molar-refractivity contribution in [1.29, 1.82) is 0 Å². The molecular weight excluding hydrogens is 372 g/mol. The first-order valence-electron chi connectivity index (χ1n) is 9.18. The quantitative estimate of drug-likeness (QED) is 0.604. The molecule has 1 unspecified atom stereocenters. The van der Waals surface area contributed by atoms with E-state index in [-0.39, 0.29) is 18.3 Å². The van der Waals surface area contributed by atoms with Gasteiger partial charge in [-0.05, 0) is 55.3 Å². The summed E-state index contributed by atoms with van der Waals surface area (Å²) in [6.07, 6.45) is 2.04. The molecule has 1 amide bonds. The lowest BCUT2D eigenvalue weighted by atomic mass is 10.0. The van der Waals surface area contributed by atoms with Gasteiger partial charge in [0.15, 0.2) is 0 Å². The van der Waals surface area contributed by atoms with Crippen LogP contribution in [-0.2, 0) is 9.53 Å². The number of aromatic nitrogens is 1. The molecule has 1 atom stereocenters. The molecular formula is C22H20N2O3S. The van der Waals surface area contributed by atoms with Crippen LogP contribution >= 0.6 is 11.9 Å². The molecule has 4 rings (SSSR count). The van der Waals surface area contributed by atoms with Crippen molar-refractivity contribution in [3.8, 4) is 0 Å². The summed E-state index contributed by atoms with van der Waals surface area (Å²) in [5.74, 6) is -0.465. The number of carbonyl (C=O) groups excluding carboxylic acids is 2. The number of fused-ring (bicyclic) bond motifs is 2. The maximum Gasteiger partial charge on any atom is 0.308 e. The fourth-order valence-corrected chi connectivity index (χ4v) is 4.43. The van der Waals surface area contributed by atoms with Gasteiger partial charge in [0.2, 0.25) is 0 Å². The fourth-order valence-electron chi connectivity index (χ4n) is 3.40. The van der Waals surface area contributed by atoms with Crippen LogP contribution in [0.1, 0.15) is 35.4 Å². The molecule has 0 radical (unpaired) electrons. The molecule has 0 spiro atoms. The second kappa shape index (κ2) is 7.94. The van der Waals surface area contributed by atoms with Crippen LogP contribution in [0.15, 0.2) is 77.8 Å². The molecule has 3 aromatic rings. The van der Waals surface area contributed by atoms with Crippen LogP contribution in [0.25, 0.3) is 0 Å². The van der Waals surface area contributed by atoms with Crippen LogP contribution < -0.4 is 4.90 Å². The molecule has 0 fully saturated rings. The van der Waals surface area contributed by atoms with Crippen molar-refractivity contribution in [3.63, 3.8) is 0 Å². The highest BCUT2D eigenvalue weighted by Crippen LogP contribution is 2.43. The highest BCUT2D eigenvalue weighted by atomic mass is 32.2. The summed E-state index contributed by atoms with van der Waals surface area (Å²) in [7, 11) is 0. The monoisotopic (exact) mass is 392 g/mol. The molecule has 2 aromatic carbocycles. The standard InChI is InChI=1S/C22H20N2O3S/c1-2-27-21(25)15-19-17-12-8-14-23(17)28-20-13-7-6-11-18(20)24(19)22(26)16-9-4-3-5-10-16/h3-14,19H,2,15H2,1H3. The molecule has 0 aliphatic carbocycles. The summed E-state index contributed by atoms with van der Waals surface area (Å²) in [4.78, 5) is 28.6. The van der Waals surface area contributed by atoms with Crippen molar-refractivity contribution in [2.45, 2.75) is 24.3 Å². The minimum absolute atomic E-state index is 0.0886. The first kappa shape index (κ1) is 18.4. The van der Waals surface area contributed by atoms with Gasteiger partial charge in [0, 0.05) is 11.8 Å². The van der Waals surface area contributed by atoms with E-state index < -0.39 is 6.04 Å². The molecule has 28 heavy (non-hydrogen) atoms. The number of carbonyl (C=O) groups is 2. The van der Waals surface area contributed by atoms with Gasteiger partial charge >= 0.3 is 5.97 Å². The average Bonchev–Trinajstić information content (AvgIpc) is 3.12. The largest absolute Gasteiger partial charge is 0.466 e. The number of ether oxygens (including phenoxy) is 1. The summed E-state index contributed by atoms with van der Waals surface area (Å²) in [6.45, 7) is 2.09. The predicted molar refractivity (Wildman–Crippen MR) is 109 cm³/mol. The molecule has 2 heterocycles. The van der Waals surface area contributed by atoms with E-state index in [0.717, 1.165) is 16.3 Å². The first-order valence-corrected chi connectivity index (χ1v) is 9.95. The SMILES string of the molecule is CCOC(=O)CC1c2cccn2Sc2ccccc2N1C(=O)c1ccccc1. The Morgan fingerprint density at radius 1 is 1.00 bits per heavy atom. The third-order valence-corrected chi connectivity index (χ3v) is 5.69. The van der Waals surface area contributed by atoms with Crippen LogP contribution in [0.2, 0.25) is 0 Å². The second-order valence-electron chi connectivity index (χ2n) is 6.38. The number of hydrogen-bond donors (Lipinski definition) is 0. The zero-order chi connectivity index (χ0) is 19.5. The summed E-state index contributed by atoms with van der Waals surface area (Å²) >= 11 is 1.54. The molecule has 1 aliphatic rings. The number of rotatable bonds is 4. The van der Waals surface area contributed by atoms with Crippen molar-refractivity contribution in [2.24, 2.45) is 0 Å². The Kier molecular flexibility index (Phi) is 5.21. The Hall–Kier alpha value is -2.99. The van der Waals surface area contributed by atoms with E-state index in [4.69, 9.17) is 4.74 Å². The summed E-state index contributed by atoms with van der Waals surface area (Å²) in [6, 6.07) is 20.3. The zero-order valence-corrected chi connectivity index (χ0v) is 16.3. The Labute approximate surface area is 168 Å². The van der Waals surface area contributed by atoms with Gasteiger partial charge in [0.05, 0.1) is 35.3 Å². The van der Waals surface area contributed by atoms with Crippen molar-refractivity contribution in [1.82, 2.24) is 3.97 Å². The molecule has 5 nitrogen and oxygen atoms in total. The van der Waals surface area contributed by atoms with E-state index >= 15 is 0 Å². The Morgan fingerprint density at radius 2 is 1.75 bits per heavy atom. The minimum Gasteiger partial charge on any atom is -0.466 e. The predicted octanol–water partition coefficient (Wildman–Crippen LogP) is 4.70.